The van der Waals surface area contributed by atoms with Gasteiger partial charge in [-0.25, -0.2) is 12.4 Å². The molecule has 138 valence electrons. The van der Waals surface area contributed by atoms with Crippen LogP contribution in [0.3, 0.4) is 0 Å². The number of ketones is 1. The van der Waals surface area contributed by atoms with Gasteiger partial charge in [-0.15, -0.1) is 0 Å². The van der Waals surface area contributed by atoms with E-state index < -0.39 is 20.7 Å². The molecule has 1 heterocycles. The number of nitrogens with zero attached hydrogens (tertiary/aromatic N) is 2. The van der Waals surface area contributed by atoms with Gasteiger partial charge < -0.3 is 0 Å². The van der Waals surface area contributed by atoms with Crippen LogP contribution < -0.4 is 0 Å². The third-order valence-corrected chi connectivity index (χ3v) is 6.32. The van der Waals surface area contributed by atoms with Gasteiger partial charge in [0.25, 0.3) is 15.7 Å². The summed E-state index contributed by atoms with van der Waals surface area (Å²) in [4.78, 5) is 23.3. The van der Waals surface area contributed by atoms with Gasteiger partial charge in [-0.3, -0.25) is 14.9 Å². The minimum absolute atomic E-state index is 0.00301. The van der Waals surface area contributed by atoms with E-state index in [0.29, 0.717) is 4.47 Å². The first-order valence-corrected chi connectivity index (χ1v) is 9.93. The lowest BCUT2D eigenvalue weighted by Gasteiger charge is -2.11. The largest absolute Gasteiger partial charge is 0.287 e. The SMILES string of the molecule is Cc1ccc(S(=O)(=O)n2cccc2C(=O)c2cc([N+](=O)[O-])ccc2Br)cc1. The van der Waals surface area contributed by atoms with Crippen molar-refractivity contribution in [3.05, 3.63) is 92.2 Å². The number of hydrogen-bond acceptors (Lipinski definition) is 5. The van der Waals surface area contributed by atoms with Crippen LogP contribution in [-0.4, -0.2) is 23.1 Å². The number of aromatic nitrogens is 1. The Labute approximate surface area is 163 Å². The molecule has 0 fully saturated rings. The maximum absolute atomic E-state index is 12.9. The Kier molecular flexibility index (Phi) is 4.99. The molecule has 9 heteroatoms. The van der Waals surface area contributed by atoms with Crippen LogP contribution in [0.1, 0.15) is 21.6 Å². The number of nitro groups is 1. The predicted molar refractivity (Wildman–Crippen MR) is 102 cm³/mol. The normalized spacial score (nSPS) is 11.3. The Bertz CT molecular complexity index is 1150. The molecule has 3 rings (SSSR count). The van der Waals surface area contributed by atoms with Gasteiger partial charge in [0.1, 0.15) is 5.69 Å². The van der Waals surface area contributed by atoms with E-state index >= 15 is 0 Å². The molecule has 27 heavy (non-hydrogen) atoms. The van der Waals surface area contributed by atoms with Crippen molar-refractivity contribution in [2.24, 2.45) is 0 Å². The molecule has 0 radical (unpaired) electrons. The third kappa shape index (κ3) is 3.56. The molecule has 0 saturated heterocycles. The molecule has 0 spiro atoms. The van der Waals surface area contributed by atoms with Crippen LogP contribution in [0.25, 0.3) is 0 Å². The van der Waals surface area contributed by atoms with Gasteiger partial charge in [0.15, 0.2) is 0 Å². The molecular formula is C18H13BrN2O5S. The molecule has 1 aromatic heterocycles. The van der Waals surface area contributed by atoms with Gasteiger partial charge in [0.05, 0.1) is 9.82 Å². The summed E-state index contributed by atoms with van der Waals surface area (Å²) < 4.78 is 27.0. The molecule has 0 amide bonds. The summed E-state index contributed by atoms with van der Waals surface area (Å²) in [5.41, 5.74) is 0.527. The number of non-ortho nitro benzene ring substituents is 1. The maximum Gasteiger partial charge on any atom is 0.270 e. The summed E-state index contributed by atoms with van der Waals surface area (Å²) in [6.07, 6.45) is 1.27. The zero-order valence-corrected chi connectivity index (χ0v) is 16.4. The zero-order valence-electron chi connectivity index (χ0n) is 14.0. The standard InChI is InChI=1S/C18H13BrN2O5S/c1-12-4-7-14(8-5-12)27(25,26)20-10-2-3-17(20)18(22)15-11-13(21(23)24)6-9-16(15)19/h2-11H,1H3. The van der Waals surface area contributed by atoms with Gasteiger partial charge in [-0.1, -0.05) is 33.6 Å². The van der Waals surface area contributed by atoms with Crippen LogP contribution in [0.15, 0.2) is 70.2 Å². The van der Waals surface area contributed by atoms with Crippen molar-refractivity contribution in [3.8, 4) is 0 Å². The lowest BCUT2D eigenvalue weighted by molar-refractivity contribution is -0.384. The summed E-state index contributed by atoms with van der Waals surface area (Å²) >= 11 is 3.19. The summed E-state index contributed by atoms with van der Waals surface area (Å²) in [6.45, 7) is 1.83. The highest BCUT2D eigenvalue weighted by Gasteiger charge is 2.25. The fraction of sp³-hybridized carbons (Fsp3) is 0.0556. The molecule has 2 aromatic carbocycles. The van der Waals surface area contributed by atoms with Crippen molar-refractivity contribution in [2.75, 3.05) is 0 Å². The van der Waals surface area contributed by atoms with Crippen LogP contribution in [0.5, 0.6) is 0 Å². The average Bonchev–Trinajstić information content (AvgIpc) is 3.12. The number of benzene rings is 2. The van der Waals surface area contributed by atoms with Gasteiger partial charge >= 0.3 is 0 Å². The molecule has 0 aliphatic rings. The number of nitro benzene ring substituents is 1. The van der Waals surface area contributed by atoms with Gasteiger partial charge in [-0.05, 0) is 37.3 Å². The molecule has 0 saturated carbocycles. The summed E-state index contributed by atoms with van der Waals surface area (Å²) in [7, 11) is -3.99. The van der Waals surface area contributed by atoms with Crippen LogP contribution >= 0.6 is 15.9 Å². The number of rotatable bonds is 5. The molecule has 0 bridgehead atoms. The van der Waals surface area contributed by atoms with E-state index in [1.54, 1.807) is 12.1 Å². The molecule has 0 atom stereocenters. The second kappa shape index (κ2) is 7.09. The fourth-order valence-electron chi connectivity index (χ4n) is 2.51. The number of halogens is 1. The number of carbonyl (C=O) groups excluding carboxylic acids is 1. The maximum atomic E-state index is 12.9. The van der Waals surface area contributed by atoms with Crippen molar-refractivity contribution in [1.29, 1.82) is 0 Å². The Morgan fingerprint density at radius 1 is 1.11 bits per heavy atom. The van der Waals surface area contributed by atoms with Crippen LogP contribution in [0, 0.1) is 17.0 Å². The van der Waals surface area contributed by atoms with E-state index in [1.165, 1.54) is 42.6 Å². The number of aryl methyl sites for hydroxylation is 1. The third-order valence-electron chi connectivity index (χ3n) is 3.93. The lowest BCUT2D eigenvalue weighted by Crippen LogP contribution is -2.18. The van der Waals surface area contributed by atoms with E-state index in [0.717, 1.165) is 15.6 Å². The number of hydrogen-bond donors (Lipinski definition) is 0. The van der Waals surface area contributed by atoms with E-state index in [1.807, 2.05) is 6.92 Å². The highest BCUT2D eigenvalue weighted by Crippen LogP contribution is 2.26. The summed E-state index contributed by atoms with van der Waals surface area (Å²) in [6, 6.07) is 12.8. The quantitative estimate of drug-likeness (QED) is 0.334. The van der Waals surface area contributed by atoms with Crippen molar-refractivity contribution < 1.29 is 18.1 Å². The molecule has 0 aliphatic carbocycles. The Hall–Kier alpha value is -2.78. The van der Waals surface area contributed by atoms with E-state index in [9.17, 15) is 23.3 Å². The molecule has 0 aliphatic heterocycles. The molecule has 3 aromatic rings. The summed E-state index contributed by atoms with van der Waals surface area (Å²) in [5, 5.41) is 11.0. The zero-order chi connectivity index (χ0) is 19.8. The minimum atomic E-state index is -3.99. The van der Waals surface area contributed by atoms with Crippen molar-refractivity contribution in [3.63, 3.8) is 0 Å². The number of carbonyl (C=O) groups is 1. The monoisotopic (exact) mass is 448 g/mol. The highest BCUT2D eigenvalue weighted by molar-refractivity contribution is 9.10. The Balaban J connectivity index is 2.10. The van der Waals surface area contributed by atoms with Crippen LogP contribution in [0.2, 0.25) is 0 Å². The van der Waals surface area contributed by atoms with Gasteiger partial charge in [0, 0.05) is 28.4 Å². The van der Waals surface area contributed by atoms with E-state index in [-0.39, 0.29) is 21.8 Å². The van der Waals surface area contributed by atoms with Crippen LogP contribution in [-0.2, 0) is 10.0 Å². The van der Waals surface area contributed by atoms with Crippen molar-refractivity contribution in [2.45, 2.75) is 11.8 Å². The molecular weight excluding hydrogens is 436 g/mol. The first kappa shape index (κ1) is 19.0. The smallest absolute Gasteiger partial charge is 0.270 e. The van der Waals surface area contributed by atoms with E-state index in [2.05, 4.69) is 15.9 Å². The van der Waals surface area contributed by atoms with E-state index in [4.69, 9.17) is 0 Å². The topological polar surface area (TPSA) is 99.3 Å². The fourth-order valence-corrected chi connectivity index (χ4v) is 4.28. The Morgan fingerprint density at radius 2 is 1.78 bits per heavy atom. The predicted octanol–water partition coefficient (Wildman–Crippen LogP) is 3.94. The van der Waals surface area contributed by atoms with Crippen molar-refractivity contribution >= 4 is 37.4 Å². The highest BCUT2D eigenvalue weighted by atomic mass is 79.9. The lowest BCUT2D eigenvalue weighted by atomic mass is 10.1. The second-order valence-corrected chi connectivity index (χ2v) is 8.43. The molecule has 0 unspecified atom stereocenters. The summed E-state index contributed by atoms with van der Waals surface area (Å²) in [5.74, 6) is -0.647. The van der Waals surface area contributed by atoms with Gasteiger partial charge in [-0.2, -0.15) is 0 Å². The Morgan fingerprint density at radius 3 is 2.41 bits per heavy atom. The average molecular weight is 449 g/mol. The van der Waals surface area contributed by atoms with Gasteiger partial charge in [0.2, 0.25) is 5.78 Å². The molecule has 0 N–H and O–H groups in total. The van der Waals surface area contributed by atoms with Crippen molar-refractivity contribution in [1.82, 2.24) is 3.97 Å². The second-order valence-electron chi connectivity index (χ2n) is 5.76. The van der Waals surface area contributed by atoms with Crippen LogP contribution in [0.4, 0.5) is 5.69 Å². The molecule has 7 nitrogen and oxygen atoms in total. The first-order chi connectivity index (χ1) is 12.7. The minimum Gasteiger partial charge on any atom is -0.287 e. The first-order valence-electron chi connectivity index (χ1n) is 7.70.